The van der Waals surface area contributed by atoms with Crippen LogP contribution in [0.3, 0.4) is 0 Å². The van der Waals surface area contributed by atoms with Gasteiger partial charge in [0.15, 0.2) is 0 Å². The summed E-state index contributed by atoms with van der Waals surface area (Å²) >= 11 is 6.30. The fraction of sp³-hybridized carbons (Fsp3) is 0.375. The van der Waals surface area contributed by atoms with Crippen LogP contribution in [0.5, 0.6) is 0 Å². The topological polar surface area (TPSA) is 71.2 Å². The van der Waals surface area contributed by atoms with E-state index in [0.29, 0.717) is 35.1 Å². The van der Waals surface area contributed by atoms with Crippen LogP contribution in [0.1, 0.15) is 36.8 Å². The molecule has 0 N–H and O–H groups in total. The van der Waals surface area contributed by atoms with Gasteiger partial charge in [0.1, 0.15) is 11.1 Å². The second-order valence-corrected chi connectivity index (χ2v) is 9.10. The molecule has 2 heterocycles. The molecule has 7 heteroatoms. The molecule has 1 spiro atoms. The molecule has 2 fully saturated rings. The summed E-state index contributed by atoms with van der Waals surface area (Å²) in [5.41, 5.74) is 2.81. The highest BCUT2D eigenvalue weighted by atomic mass is 35.5. The van der Waals surface area contributed by atoms with Gasteiger partial charge in [-0.1, -0.05) is 41.9 Å². The maximum Gasteiger partial charge on any atom is 0.410 e. The molecule has 6 nitrogen and oxygen atoms in total. The molecular weight excluding hydrogens is 412 g/mol. The van der Waals surface area contributed by atoms with Gasteiger partial charge in [-0.05, 0) is 49.3 Å². The summed E-state index contributed by atoms with van der Waals surface area (Å²) in [6.45, 7) is 1.97. The molecule has 3 aromatic rings. The molecule has 0 unspecified atom stereocenters. The average Bonchev–Trinajstić information content (AvgIpc) is 3.29. The highest BCUT2D eigenvalue weighted by Crippen LogP contribution is 2.41. The molecule has 1 saturated carbocycles. The summed E-state index contributed by atoms with van der Waals surface area (Å²) in [4.78, 5) is 18.9. The minimum atomic E-state index is -0.416. The number of hydrogen-bond donors (Lipinski definition) is 0. The number of benzene rings is 2. The highest BCUT2D eigenvalue weighted by molar-refractivity contribution is 6.35. The quantitative estimate of drug-likeness (QED) is 0.569. The van der Waals surface area contributed by atoms with E-state index in [1.165, 1.54) is 0 Å². The largest absolute Gasteiger partial charge is 0.441 e. The summed E-state index contributed by atoms with van der Waals surface area (Å²) < 4.78 is 8.04. The third-order valence-electron chi connectivity index (χ3n) is 6.43. The maximum absolute atomic E-state index is 12.6. The maximum atomic E-state index is 12.6. The molecule has 5 rings (SSSR count). The zero-order chi connectivity index (χ0) is 21.4. The second-order valence-electron chi connectivity index (χ2n) is 8.69. The number of carbonyl (C=O) groups is 1. The predicted octanol–water partition coefficient (Wildman–Crippen LogP) is 5.14. The standard InChI is InChI=1S/C24H23ClN4O2/c25-20-9-19(12-26)10-21-22(20)27-16-29(21)14-18-7-4-8-24(11-18)15-28(23(30)31-24)13-17-5-2-1-3-6-17/h1-3,5-6,9-10,16,18H,4,7-8,11,13-15H2/t18-,24-/m0/s1. The van der Waals surface area contributed by atoms with Crippen molar-refractivity contribution in [1.29, 1.82) is 5.26 Å². The minimum absolute atomic E-state index is 0.219. The lowest BCUT2D eigenvalue weighted by Gasteiger charge is -2.36. The van der Waals surface area contributed by atoms with Gasteiger partial charge in [-0.15, -0.1) is 0 Å². The number of carbonyl (C=O) groups excluding carboxylic acids is 1. The van der Waals surface area contributed by atoms with Gasteiger partial charge >= 0.3 is 6.09 Å². The van der Waals surface area contributed by atoms with E-state index >= 15 is 0 Å². The normalized spacial score (nSPS) is 23.3. The van der Waals surface area contributed by atoms with Crippen molar-refractivity contribution >= 4 is 28.7 Å². The summed E-state index contributed by atoms with van der Waals surface area (Å²) in [6, 6.07) is 15.7. The van der Waals surface area contributed by atoms with Gasteiger partial charge in [0.25, 0.3) is 0 Å². The van der Waals surface area contributed by atoms with Gasteiger partial charge in [-0.2, -0.15) is 5.26 Å². The Hall–Kier alpha value is -3.04. The summed E-state index contributed by atoms with van der Waals surface area (Å²) in [7, 11) is 0. The third kappa shape index (κ3) is 3.86. The Balaban J connectivity index is 1.32. The molecule has 2 aliphatic rings. The first-order valence-electron chi connectivity index (χ1n) is 10.6. The molecule has 0 bridgehead atoms. The van der Waals surface area contributed by atoms with Gasteiger partial charge in [0, 0.05) is 13.1 Å². The lowest BCUT2D eigenvalue weighted by Crippen LogP contribution is -2.40. The van der Waals surface area contributed by atoms with Crippen LogP contribution < -0.4 is 0 Å². The minimum Gasteiger partial charge on any atom is -0.441 e. The van der Waals surface area contributed by atoms with Gasteiger partial charge in [-0.3, -0.25) is 4.90 Å². The number of hydrogen-bond acceptors (Lipinski definition) is 4. The fourth-order valence-corrected chi connectivity index (χ4v) is 5.33. The molecule has 1 aliphatic heterocycles. The van der Waals surface area contributed by atoms with Crippen molar-refractivity contribution in [2.75, 3.05) is 6.54 Å². The van der Waals surface area contributed by atoms with Crippen molar-refractivity contribution in [3.8, 4) is 6.07 Å². The molecule has 0 radical (unpaired) electrons. The first-order valence-corrected chi connectivity index (χ1v) is 11.0. The Morgan fingerprint density at radius 1 is 1.29 bits per heavy atom. The summed E-state index contributed by atoms with van der Waals surface area (Å²) in [5.74, 6) is 0.361. The number of ether oxygens (including phenoxy) is 1. The van der Waals surface area contributed by atoms with Crippen LogP contribution in [0.25, 0.3) is 11.0 Å². The number of amides is 1. The van der Waals surface area contributed by atoms with E-state index in [-0.39, 0.29) is 6.09 Å². The Morgan fingerprint density at radius 3 is 2.94 bits per heavy atom. The van der Waals surface area contributed by atoms with Gasteiger partial charge < -0.3 is 9.30 Å². The smallest absolute Gasteiger partial charge is 0.410 e. The van der Waals surface area contributed by atoms with Crippen LogP contribution in [0.2, 0.25) is 5.02 Å². The molecule has 31 heavy (non-hydrogen) atoms. The zero-order valence-electron chi connectivity index (χ0n) is 17.1. The van der Waals surface area contributed by atoms with Crippen molar-refractivity contribution < 1.29 is 9.53 Å². The van der Waals surface area contributed by atoms with Crippen molar-refractivity contribution in [3.05, 3.63) is 64.9 Å². The summed E-state index contributed by atoms with van der Waals surface area (Å²) in [6.07, 6.45) is 5.40. The molecule has 2 atom stereocenters. The average molecular weight is 435 g/mol. The highest BCUT2D eigenvalue weighted by Gasteiger charge is 2.47. The first-order chi connectivity index (χ1) is 15.0. The number of rotatable bonds is 4. The van der Waals surface area contributed by atoms with E-state index in [4.69, 9.17) is 16.3 Å². The second kappa shape index (κ2) is 7.90. The zero-order valence-corrected chi connectivity index (χ0v) is 17.9. The number of halogens is 1. The van der Waals surface area contributed by atoms with E-state index in [9.17, 15) is 10.1 Å². The number of aromatic nitrogens is 2. The molecule has 158 valence electrons. The first kappa shape index (κ1) is 19.9. The van der Waals surface area contributed by atoms with E-state index in [1.807, 2.05) is 41.3 Å². The van der Waals surface area contributed by atoms with Crippen LogP contribution in [-0.2, 0) is 17.8 Å². The van der Waals surface area contributed by atoms with E-state index in [2.05, 4.69) is 15.6 Å². The van der Waals surface area contributed by atoms with Gasteiger partial charge in [0.2, 0.25) is 0 Å². The third-order valence-corrected chi connectivity index (χ3v) is 6.71. The van der Waals surface area contributed by atoms with Crippen LogP contribution >= 0.6 is 11.6 Å². The van der Waals surface area contributed by atoms with Gasteiger partial charge in [-0.25, -0.2) is 9.78 Å². The lowest BCUT2D eigenvalue weighted by atomic mass is 9.78. The predicted molar refractivity (Wildman–Crippen MR) is 117 cm³/mol. The Morgan fingerprint density at radius 2 is 2.13 bits per heavy atom. The monoisotopic (exact) mass is 434 g/mol. The van der Waals surface area contributed by atoms with Crippen molar-refractivity contribution in [3.63, 3.8) is 0 Å². The number of imidazole rings is 1. The van der Waals surface area contributed by atoms with Crippen molar-refractivity contribution in [1.82, 2.24) is 14.5 Å². The van der Waals surface area contributed by atoms with Crippen LogP contribution in [-0.4, -0.2) is 32.7 Å². The molecule has 2 aromatic carbocycles. The number of fused-ring (bicyclic) bond motifs is 1. The fourth-order valence-electron chi connectivity index (χ4n) is 5.06. The Labute approximate surface area is 186 Å². The summed E-state index contributed by atoms with van der Waals surface area (Å²) in [5, 5.41) is 9.77. The van der Waals surface area contributed by atoms with Crippen LogP contribution in [0, 0.1) is 17.2 Å². The number of nitrogens with zero attached hydrogens (tertiary/aromatic N) is 4. The lowest BCUT2D eigenvalue weighted by molar-refractivity contribution is 0.00415. The van der Waals surface area contributed by atoms with Crippen LogP contribution in [0.15, 0.2) is 48.8 Å². The molecule has 1 aliphatic carbocycles. The van der Waals surface area contributed by atoms with Crippen LogP contribution in [0.4, 0.5) is 4.79 Å². The van der Waals surface area contributed by atoms with E-state index < -0.39 is 5.60 Å². The Kier molecular flexibility index (Phi) is 5.07. The van der Waals surface area contributed by atoms with Crippen molar-refractivity contribution in [2.24, 2.45) is 5.92 Å². The molecule has 1 saturated heterocycles. The SMILES string of the molecule is N#Cc1cc(Cl)c2ncn(C[C@H]3CCC[C@]4(C3)CN(Cc3ccccc3)C(=O)O4)c2c1. The molecule has 1 aromatic heterocycles. The number of nitriles is 1. The Bertz CT molecular complexity index is 1170. The molecule has 1 amide bonds. The molecular formula is C24H23ClN4O2. The van der Waals surface area contributed by atoms with E-state index in [1.54, 1.807) is 12.4 Å². The van der Waals surface area contributed by atoms with Crippen molar-refractivity contribution in [2.45, 2.75) is 44.4 Å². The van der Waals surface area contributed by atoms with E-state index in [0.717, 1.165) is 43.3 Å². The van der Waals surface area contributed by atoms with Gasteiger partial charge in [0.05, 0.1) is 35.0 Å².